The summed E-state index contributed by atoms with van der Waals surface area (Å²) in [5.74, 6) is 0.517. The molecule has 0 bridgehead atoms. The van der Waals surface area contributed by atoms with E-state index in [-0.39, 0.29) is 18.4 Å². The molecule has 3 rings (SSSR count). The molecule has 7 heteroatoms. The van der Waals surface area contributed by atoms with E-state index in [1.54, 1.807) is 19.5 Å². The van der Waals surface area contributed by atoms with Crippen LogP contribution >= 0.6 is 0 Å². The average molecular weight is 492 g/mol. The second kappa shape index (κ2) is 12.4. The van der Waals surface area contributed by atoms with Gasteiger partial charge in [0.15, 0.2) is 0 Å². The van der Waals surface area contributed by atoms with Gasteiger partial charge in [-0.3, -0.25) is 14.6 Å². The summed E-state index contributed by atoms with van der Waals surface area (Å²) in [7, 11) is 2.99. The van der Waals surface area contributed by atoms with Crippen LogP contribution in [0.25, 0.3) is 11.1 Å². The van der Waals surface area contributed by atoms with Crippen LogP contribution in [0.5, 0.6) is 5.75 Å². The van der Waals surface area contributed by atoms with Crippen molar-refractivity contribution in [3.8, 4) is 16.9 Å². The molecule has 2 heterocycles. The zero-order chi connectivity index (χ0) is 26.2. The van der Waals surface area contributed by atoms with Crippen LogP contribution in [0, 0.1) is 12.8 Å². The lowest BCUT2D eigenvalue weighted by molar-refractivity contribution is -0.141. The van der Waals surface area contributed by atoms with Crippen molar-refractivity contribution < 1.29 is 19.1 Å². The Labute approximate surface area is 214 Å². The molecule has 1 aromatic carbocycles. The van der Waals surface area contributed by atoms with Crippen LogP contribution in [0.2, 0.25) is 0 Å². The van der Waals surface area contributed by atoms with Gasteiger partial charge in [-0.1, -0.05) is 37.6 Å². The number of benzene rings is 1. The van der Waals surface area contributed by atoms with Crippen molar-refractivity contribution >= 4 is 11.9 Å². The van der Waals surface area contributed by atoms with Crippen LogP contribution in [0.3, 0.4) is 0 Å². The van der Waals surface area contributed by atoms with Gasteiger partial charge >= 0.3 is 5.97 Å². The first kappa shape index (κ1) is 27.0. The van der Waals surface area contributed by atoms with E-state index in [4.69, 9.17) is 9.47 Å². The number of rotatable bonds is 10. The maximum Gasteiger partial charge on any atom is 0.307 e. The maximum atomic E-state index is 13.6. The van der Waals surface area contributed by atoms with Crippen LogP contribution in [0.1, 0.15) is 50.8 Å². The van der Waals surface area contributed by atoms with E-state index in [0.717, 1.165) is 28.0 Å². The number of methoxy groups -OCH3 is 2. The molecule has 0 fully saturated rings. The summed E-state index contributed by atoms with van der Waals surface area (Å²) in [4.78, 5) is 32.4. The normalized spacial score (nSPS) is 14.8. The first-order valence-electron chi connectivity index (χ1n) is 12.3. The van der Waals surface area contributed by atoms with Gasteiger partial charge in [0.1, 0.15) is 11.8 Å². The van der Waals surface area contributed by atoms with Crippen LogP contribution < -0.4 is 10.1 Å². The quantitative estimate of drug-likeness (QED) is 0.473. The Kier molecular flexibility index (Phi) is 9.28. The summed E-state index contributed by atoms with van der Waals surface area (Å²) in [5, 5.41) is 3.13. The van der Waals surface area contributed by atoms with Gasteiger partial charge in [0, 0.05) is 36.3 Å². The second-order valence-corrected chi connectivity index (χ2v) is 9.61. The molecule has 192 valence electrons. The Morgan fingerprint density at radius 2 is 1.94 bits per heavy atom. The van der Waals surface area contributed by atoms with Crippen molar-refractivity contribution in [1.29, 1.82) is 0 Å². The number of ether oxygens (including phenoxy) is 2. The van der Waals surface area contributed by atoms with Gasteiger partial charge in [-0.2, -0.15) is 0 Å². The summed E-state index contributed by atoms with van der Waals surface area (Å²) in [6.07, 6.45) is 10.2. The molecule has 0 spiro atoms. The number of carbonyl (C=O) groups excluding carboxylic acids is 2. The molecular formula is C29H37N3O4. The average Bonchev–Trinajstić information content (AvgIpc) is 2.87. The smallest absolute Gasteiger partial charge is 0.307 e. The molecule has 1 aliphatic rings. The van der Waals surface area contributed by atoms with Crippen LogP contribution in [0.15, 0.2) is 60.6 Å². The van der Waals surface area contributed by atoms with Crippen LogP contribution in [0.4, 0.5) is 0 Å². The number of aryl methyl sites for hydroxylation is 1. The lowest BCUT2D eigenvalue weighted by Gasteiger charge is -2.33. The molecule has 1 amide bonds. The van der Waals surface area contributed by atoms with Crippen molar-refractivity contribution in [3.05, 3.63) is 71.7 Å². The number of pyridine rings is 1. The molecule has 0 aliphatic carbocycles. The van der Waals surface area contributed by atoms with E-state index in [2.05, 4.69) is 30.2 Å². The molecule has 1 N–H and O–H groups in total. The predicted molar refractivity (Wildman–Crippen MR) is 141 cm³/mol. The van der Waals surface area contributed by atoms with Gasteiger partial charge in [0.2, 0.25) is 5.91 Å². The molecule has 1 aliphatic heterocycles. The summed E-state index contributed by atoms with van der Waals surface area (Å²) >= 11 is 0. The molecule has 36 heavy (non-hydrogen) atoms. The Balaban J connectivity index is 1.94. The zero-order valence-corrected chi connectivity index (χ0v) is 22.1. The van der Waals surface area contributed by atoms with Crippen LogP contribution in [-0.4, -0.2) is 48.6 Å². The van der Waals surface area contributed by atoms with Gasteiger partial charge in [-0.05, 0) is 55.5 Å². The third-order valence-electron chi connectivity index (χ3n) is 6.37. The van der Waals surface area contributed by atoms with Gasteiger partial charge in [0.25, 0.3) is 0 Å². The highest BCUT2D eigenvalue weighted by Crippen LogP contribution is 2.34. The summed E-state index contributed by atoms with van der Waals surface area (Å²) < 4.78 is 10.5. The number of allylic oxidation sites excluding steroid dienone is 2. The minimum atomic E-state index is -0.590. The maximum absolute atomic E-state index is 13.6. The highest BCUT2D eigenvalue weighted by atomic mass is 16.5. The minimum Gasteiger partial charge on any atom is -0.496 e. The number of amides is 1. The third-order valence-corrected chi connectivity index (χ3v) is 6.37. The largest absolute Gasteiger partial charge is 0.496 e. The molecule has 0 saturated carbocycles. The van der Waals surface area contributed by atoms with E-state index in [1.807, 2.05) is 55.3 Å². The van der Waals surface area contributed by atoms with Gasteiger partial charge in [0.05, 0.1) is 26.7 Å². The number of nitrogens with one attached hydrogen (secondary N) is 1. The van der Waals surface area contributed by atoms with Crippen molar-refractivity contribution in [2.75, 3.05) is 20.8 Å². The SMILES string of the molecule is COC(=O)C[C@H](NC(=O)C(CC(C)C)N1C=CC(C)=CC1)c1cncc(-c2c(C)cccc2OC)c1. The number of carbonyl (C=O) groups is 2. The molecule has 0 radical (unpaired) electrons. The van der Waals surface area contributed by atoms with Crippen LogP contribution in [-0.2, 0) is 14.3 Å². The molecule has 2 aromatic rings. The van der Waals surface area contributed by atoms with E-state index in [1.165, 1.54) is 12.7 Å². The molecule has 1 aromatic heterocycles. The van der Waals surface area contributed by atoms with E-state index < -0.39 is 12.0 Å². The lowest BCUT2D eigenvalue weighted by Crippen LogP contribution is -2.47. The van der Waals surface area contributed by atoms with Gasteiger partial charge < -0.3 is 19.7 Å². The summed E-state index contributed by atoms with van der Waals surface area (Å²) in [6.45, 7) is 8.92. The molecule has 2 atom stereocenters. The molecule has 7 nitrogen and oxygen atoms in total. The highest BCUT2D eigenvalue weighted by Gasteiger charge is 2.29. The molecule has 1 unspecified atom stereocenters. The number of esters is 1. The first-order chi connectivity index (χ1) is 17.2. The Hall–Kier alpha value is -3.61. The molecular weight excluding hydrogens is 454 g/mol. The lowest BCUT2D eigenvalue weighted by atomic mass is 9.96. The van der Waals surface area contributed by atoms with Crippen molar-refractivity contribution in [3.63, 3.8) is 0 Å². The monoisotopic (exact) mass is 491 g/mol. The summed E-state index contributed by atoms with van der Waals surface area (Å²) in [6, 6.07) is 6.86. The zero-order valence-electron chi connectivity index (χ0n) is 22.1. The molecule has 0 saturated heterocycles. The Bertz CT molecular complexity index is 1140. The van der Waals surface area contributed by atoms with E-state index >= 15 is 0 Å². The fourth-order valence-electron chi connectivity index (χ4n) is 4.40. The third kappa shape index (κ3) is 6.74. The number of hydrogen-bond donors (Lipinski definition) is 1. The fourth-order valence-corrected chi connectivity index (χ4v) is 4.40. The van der Waals surface area contributed by atoms with Gasteiger partial charge in [-0.15, -0.1) is 0 Å². The van der Waals surface area contributed by atoms with E-state index in [9.17, 15) is 9.59 Å². The summed E-state index contributed by atoms with van der Waals surface area (Å²) in [5.41, 5.74) is 4.72. The minimum absolute atomic E-state index is 0.00152. The fraction of sp³-hybridized carbons (Fsp3) is 0.414. The number of aromatic nitrogens is 1. The number of nitrogens with zero attached hydrogens (tertiary/aromatic N) is 2. The number of hydrogen-bond acceptors (Lipinski definition) is 6. The second-order valence-electron chi connectivity index (χ2n) is 9.61. The topological polar surface area (TPSA) is 80.8 Å². The predicted octanol–water partition coefficient (Wildman–Crippen LogP) is 4.98. The van der Waals surface area contributed by atoms with Gasteiger partial charge in [-0.25, -0.2) is 0 Å². The standard InChI is InChI=1S/C29H37N3O4/c1-19(2)14-25(32-12-10-20(3)11-13-32)29(34)31-24(16-27(33)36-6)22-15-23(18-30-17-22)28-21(4)8-7-9-26(28)35-5/h7-12,15,17-19,24-25H,13-14,16H2,1-6H3,(H,31,34)/t24-,25?/m0/s1. The Morgan fingerprint density at radius 1 is 1.17 bits per heavy atom. The Morgan fingerprint density at radius 3 is 2.58 bits per heavy atom. The first-order valence-corrected chi connectivity index (χ1v) is 12.3. The van der Waals surface area contributed by atoms with Crippen molar-refractivity contribution in [2.24, 2.45) is 5.92 Å². The van der Waals surface area contributed by atoms with Crippen molar-refractivity contribution in [1.82, 2.24) is 15.2 Å². The van der Waals surface area contributed by atoms with Crippen molar-refractivity contribution in [2.45, 2.75) is 52.6 Å². The van der Waals surface area contributed by atoms with E-state index in [0.29, 0.717) is 18.9 Å². The highest BCUT2D eigenvalue weighted by molar-refractivity contribution is 5.83.